The maximum absolute atomic E-state index is 12.9. The lowest BCUT2D eigenvalue weighted by molar-refractivity contribution is -0.115. The van der Waals surface area contributed by atoms with Crippen LogP contribution in [0.1, 0.15) is 30.9 Å². The summed E-state index contributed by atoms with van der Waals surface area (Å²) < 4.78 is 1.56. The lowest BCUT2D eigenvalue weighted by atomic mass is 10.1. The molecule has 6 nitrogen and oxygen atoms in total. The summed E-state index contributed by atoms with van der Waals surface area (Å²) in [7, 11) is 0. The third-order valence-electron chi connectivity index (χ3n) is 5.38. The van der Waals surface area contributed by atoms with E-state index in [9.17, 15) is 14.7 Å². The van der Waals surface area contributed by atoms with Crippen LogP contribution in [0.5, 0.6) is 0 Å². The Labute approximate surface area is 179 Å². The lowest BCUT2D eigenvalue weighted by Gasteiger charge is -2.16. The summed E-state index contributed by atoms with van der Waals surface area (Å²) in [5, 5.41) is 12.8. The number of para-hydroxylation sites is 1. The van der Waals surface area contributed by atoms with E-state index >= 15 is 0 Å². The molecule has 156 valence electrons. The molecule has 1 atom stereocenters. The second-order valence-electron chi connectivity index (χ2n) is 7.53. The highest BCUT2D eigenvalue weighted by Crippen LogP contribution is 2.27. The van der Waals surface area contributed by atoms with Crippen LogP contribution in [-0.4, -0.2) is 32.4 Å². The largest absolute Gasteiger partial charge is 0.396 e. The van der Waals surface area contributed by atoms with Crippen molar-refractivity contribution in [3.05, 3.63) is 63.9 Å². The van der Waals surface area contributed by atoms with E-state index in [0.29, 0.717) is 29.0 Å². The van der Waals surface area contributed by atoms with E-state index in [1.807, 2.05) is 19.1 Å². The van der Waals surface area contributed by atoms with Crippen LogP contribution in [0, 0.1) is 0 Å². The Morgan fingerprint density at radius 3 is 2.87 bits per heavy atom. The average molecular weight is 424 g/mol. The first-order valence-corrected chi connectivity index (χ1v) is 11.1. The van der Waals surface area contributed by atoms with Gasteiger partial charge < -0.3 is 10.4 Å². The monoisotopic (exact) mass is 423 g/mol. The smallest absolute Gasteiger partial charge is 0.262 e. The van der Waals surface area contributed by atoms with Crippen LogP contribution >= 0.6 is 11.8 Å². The molecule has 1 aliphatic carbocycles. The Morgan fingerprint density at radius 1 is 1.23 bits per heavy atom. The number of fused-ring (bicyclic) bond motifs is 2. The zero-order chi connectivity index (χ0) is 21.1. The second-order valence-corrected chi connectivity index (χ2v) is 8.84. The number of benzene rings is 2. The summed E-state index contributed by atoms with van der Waals surface area (Å²) in [5.41, 5.74) is 3.93. The van der Waals surface area contributed by atoms with Crippen LogP contribution in [0.2, 0.25) is 0 Å². The van der Waals surface area contributed by atoms with Crippen LogP contribution < -0.4 is 10.9 Å². The first kappa shape index (κ1) is 20.6. The molecule has 0 fully saturated rings. The van der Waals surface area contributed by atoms with E-state index in [0.717, 1.165) is 24.9 Å². The molecule has 30 heavy (non-hydrogen) atoms. The van der Waals surface area contributed by atoms with Gasteiger partial charge in [-0.05, 0) is 68.0 Å². The van der Waals surface area contributed by atoms with Gasteiger partial charge in [-0.3, -0.25) is 14.2 Å². The molecule has 0 spiro atoms. The zero-order valence-electron chi connectivity index (χ0n) is 16.9. The van der Waals surface area contributed by atoms with Gasteiger partial charge in [0.25, 0.3) is 5.56 Å². The fourth-order valence-corrected chi connectivity index (χ4v) is 4.70. The van der Waals surface area contributed by atoms with Crippen molar-refractivity contribution in [3.63, 3.8) is 0 Å². The average Bonchev–Trinajstić information content (AvgIpc) is 3.21. The van der Waals surface area contributed by atoms with E-state index in [4.69, 9.17) is 0 Å². The van der Waals surface area contributed by atoms with Crippen molar-refractivity contribution in [2.75, 3.05) is 11.9 Å². The van der Waals surface area contributed by atoms with Gasteiger partial charge in [-0.2, -0.15) is 0 Å². The topological polar surface area (TPSA) is 84.2 Å². The number of aryl methyl sites for hydroxylation is 2. The number of amides is 1. The molecule has 1 aromatic heterocycles. The minimum Gasteiger partial charge on any atom is -0.396 e. The van der Waals surface area contributed by atoms with Crippen LogP contribution in [0.4, 0.5) is 5.69 Å². The van der Waals surface area contributed by atoms with Gasteiger partial charge in [0.05, 0.1) is 16.2 Å². The Balaban J connectivity index is 1.56. The zero-order valence-corrected chi connectivity index (χ0v) is 17.7. The molecular formula is C23H25N3O3S. The number of thioether (sulfide) groups is 1. The molecule has 0 aliphatic heterocycles. The van der Waals surface area contributed by atoms with Crippen LogP contribution in [0.3, 0.4) is 0 Å². The number of aliphatic hydroxyl groups is 1. The van der Waals surface area contributed by atoms with E-state index in [1.54, 1.807) is 22.8 Å². The minimum atomic E-state index is -0.438. The Bertz CT molecular complexity index is 1140. The number of aliphatic hydroxyl groups excluding tert-OH is 1. The predicted octanol–water partition coefficient (Wildman–Crippen LogP) is 3.39. The van der Waals surface area contributed by atoms with Gasteiger partial charge in [-0.25, -0.2) is 4.98 Å². The summed E-state index contributed by atoms with van der Waals surface area (Å²) in [4.78, 5) is 30.4. The summed E-state index contributed by atoms with van der Waals surface area (Å²) in [6, 6.07) is 13.3. The molecule has 1 aliphatic rings. The fraction of sp³-hybridized carbons (Fsp3) is 0.348. The Morgan fingerprint density at radius 2 is 2.03 bits per heavy atom. The van der Waals surface area contributed by atoms with Crippen molar-refractivity contribution in [1.29, 1.82) is 0 Å². The Hall–Kier alpha value is -2.64. The number of nitrogens with zero attached hydrogens (tertiary/aromatic N) is 2. The number of anilines is 1. The van der Waals surface area contributed by atoms with Gasteiger partial charge in [-0.1, -0.05) is 30.0 Å². The molecule has 3 aromatic rings. The standard InChI is InChI=1S/C23H25N3O3S/c1-15(21(28)24-18-11-10-16-6-4-7-17(16)14-18)30-23-25-20-9-3-2-8-19(20)22(29)26(23)12-5-13-27/h2-3,8-11,14-15,27H,4-7,12-13H2,1H3,(H,24,28)/t15-/m0/s1. The van der Waals surface area contributed by atoms with Crippen LogP contribution in [-0.2, 0) is 24.2 Å². The third-order valence-corrected chi connectivity index (χ3v) is 6.47. The SMILES string of the molecule is C[C@H](Sc1nc2ccccc2c(=O)n1CCCO)C(=O)Nc1ccc2c(c1)CCC2. The molecule has 1 heterocycles. The van der Waals surface area contributed by atoms with Gasteiger partial charge in [0.15, 0.2) is 5.16 Å². The van der Waals surface area contributed by atoms with Crippen molar-refractivity contribution in [1.82, 2.24) is 9.55 Å². The molecular weight excluding hydrogens is 398 g/mol. The van der Waals surface area contributed by atoms with Crippen LogP contribution in [0.15, 0.2) is 52.4 Å². The molecule has 0 saturated carbocycles. The molecule has 2 aromatic carbocycles. The second kappa shape index (κ2) is 9.02. The maximum Gasteiger partial charge on any atom is 0.262 e. The van der Waals surface area contributed by atoms with Crippen molar-refractivity contribution in [2.45, 2.75) is 49.6 Å². The van der Waals surface area contributed by atoms with Crippen LogP contribution in [0.25, 0.3) is 10.9 Å². The van der Waals surface area contributed by atoms with Gasteiger partial charge >= 0.3 is 0 Å². The molecule has 0 unspecified atom stereocenters. The highest BCUT2D eigenvalue weighted by Gasteiger charge is 2.20. The van der Waals surface area contributed by atoms with Gasteiger partial charge in [0.1, 0.15) is 0 Å². The number of hydrogen-bond acceptors (Lipinski definition) is 5. The summed E-state index contributed by atoms with van der Waals surface area (Å²) in [6.07, 6.45) is 3.78. The van der Waals surface area contributed by atoms with E-state index in [-0.39, 0.29) is 18.1 Å². The normalized spacial score (nSPS) is 13.9. The number of aromatic nitrogens is 2. The van der Waals surface area contributed by atoms with Crippen molar-refractivity contribution < 1.29 is 9.90 Å². The number of carbonyl (C=O) groups excluding carboxylic acids is 1. The fourth-order valence-electron chi connectivity index (χ4n) is 3.77. The molecule has 0 saturated heterocycles. The summed E-state index contributed by atoms with van der Waals surface area (Å²) in [5.74, 6) is -0.130. The number of nitrogens with one attached hydrogen (secondary N) is 1. The van der Waals surface area contributed by atoms with Gasteiger partial charge in [0, 0.05) is 18.8 Å². The number of hydrogen-bond donors (Lipinski definition) is 2. The lowest BCUT2D eigenvalue weighted by Crippen LogP contribution is -2.27. The van der Waals surface area contributed by atoms with E-state index < -0.39 is 5.25 Å². The van der Waals surface area contributed by atoms with Crippen molar-refractivity contribution in [2.24, 2.45) is 0 Å². The van der Waals surface area contributed by atoms with Gasteiger partial charge in [-0.15, -0.1) is 0 Å². The maximum atomic E-state index is 12.9. The summed E-state index contributed by atoms with van der Waals surface area (Å²) >= 11 is 1.26. The first-order chi connectivity index (χ1) is 14.6. The van der Waals surface area contributed by atoms with E-state index in [2.05, 4.69) is 22.4 Å². The summed E-state index contributed by atoms with van der Waals surface area (Å²) in [6.45, 7) is 2.15. The predicted molar refractivity (Wildman–Crippen MR) is 120 cm³/mol. The van der Waals surface area contributed by atoms with E-state index in [1.165, 1.54) is 22.9 Å². The molecule has 2 N–H and O–H groups in total. The molecule has 1 amide bonds. The first-order valence-electron chi connectivity index (χ1n) is 10.3. The molecule has 0 radical (unpaired) electrons. The Kier molecular flexibility index (Phi) is 6.20. The van der Waals surface area contributed by atoms with Crippen molar-refractivity contribution >= 4 is 34.3 Å². The molecule has 4 rings (SSSR count). The molecule has 7 heteroatoms. The van der Waals surface area contributed by atoms with Gasteiger partial charge in [0.2, 0.25) is 5.91 Å². The number of carbonyl (C=O) groups is 1. The quantitative estimate of drug-likeness (QED) is 0.450. The molecule has 0 bridgehead atoms. The minimum absolute atomic E-state index is 0.0161. The number of rotatable bonds is 7. The highest BCUT2D eigenvalue weighted by atomic mass is 32.2. The third kappa shape index (κ3) is 4.27. The van der Waals surface area contributed by atoms with Crippen molar-refractivity contribution in [3.8, 4) is 0 Å². The highest BCUT2D eigenvalue weighted by molar-refractivity contribution is 8.00.